The van der Waals surface area contributed by atoms with Gasteiger partial charge in [0, 0.05) is 19.2 Å². The second-order valence-corrected chi connectivity index (χ2v) is 5.68. The van der Waals surface area contributed by atoms with Gasteiger partial charge in [0.2, 0.25) is 5.91 Å². The van der Waals surface area contributed by atoms with Crippen LogP contribution in [-0.2, 0) is 4.79 Å². The Balaban J connectivity index is 2.27. The fourth-order valence-corrected chi connectivity index (χ4v) is 2.54. The summed E-state index contributed by atoms with van der Waals surface area (Å²) in [7, 11) is 0. The Hall–Kier alpha value is -1.60. The minimum Gasteiger partial charge on any atom is -0.308 e. The highest BCUT2D eigenvalue weighted by atomic mass is 35.5. The van der Waals surface area contributed by atoms with Crippen molar-refractivity contribution in [1.82, 2.24) is 14.8 Å². The van der Waals surface area contributed by atoms with Crippen molar-refractivity contribution in [1.29, 1.82) is 0 Å². The molecule has 2 rings (SSSR count). The summed E-state index contributed by atoms with van der Waals surface area (Å²) < 4.78 is 13.9. The van der Waals surface area contributed by atoms with E-state index in [4.69, 9.17) is 11.6 Å². The highest BCUT2D eigenvalue weighted by molar-refractivity contribution is 7.80. The Kier molecular flexibility index (Phi) is 6.85. The lowest BCUT2D eigenvalue weighted by Gasteiger charge is -2.21. The van der Waals surface area contributed by atoms with Gasteiger partial charge in [-0.2, -0.15) is 17.7 Å². The van der Waals surface area contributed by atoms with Gasteiger partial charge in [-0.25, -0.2) is 4.68 Å². The fraction of sp³-hybridized carbons (Fsp3) is 0.400. The smallest absolute Gasteiger partial charge is 0.227 e. The van der Waals surface area contributed by atoms with E-state index in [1.165, 1.54) is 0 Å². The summed E-state index contributed by atoms with van der Waals surface area (Å²) in [6.07, 6.45) is 6.24. The zero-order valence-corrected chi connectivity index (χ0v) is 14.2. The van der Waals surface area contributed by atoms with Gasteiger partial charge in [-0.3, -0.25) is 14.2 Å². The number of unbranched alkanes of at least 4 members (excludes halogenated alkanes) is 1. The molecule has 1 amide bonds. The van der Waals surface area contributed by atoms with Crippen molar-refractivity contribution in [3.05, 3.63) is 35.9 Å². The van der Waals surface area contributed by atoms with Gasteiger partial charge >= 0.3 is 0 Å². The molecule has 2 aromatic rings. The van der Waals surface area contributed by atoms with Crippen molar-refractivity contribution in [2.24, 2.45) is 0 Å². The summed E-state index contributed by atoms with van der Waals surface area (Å²) in [5, 5.41) is 4.45. The summed E-state index contributed by atoms with van der Waals surface area (Å²) in [5.74, 6) is 0.332. The molecular weight excluding hydrogens is 339 g/mol. The molecule has 0 bridgehead atoms. The molecule has 0 unspecified atom stereocenters. The van der Waals surface area contributed by atoms with E-state index in [-0.39, 0.29) is 17.5 Å². The number of pyridine rings is 1. The Labute approximate surface area is 144 Å². The van der Waals surface area contributed by atoms with Gasteiger partial charge in [0.1, 0.15) is 5.69 Å². The predicted molar refractivity (Wildman–Crippen MR) is 92.4 cm³/mol. The van der Waals surface area contributed by atoms with E-state index in [1.54, 1.807) is 34.2 Å². The number of rotatable bonds is 8. The normalized spacial score (nSPS) is 10.7. The Morgan fingerprint density at radius 3 is 2.91 bits per heavy atom. The van der Waals surface area contributed by atoms with Crippen LogP contribution in [0.1, 0.15) is 19.3 Å². The minimum atomic E-state index is -0.405. The molecule has 0 aromatic carbocycles. The molecule has 0 N–H and O–H groups in total. The number of hydrogen-bond acceptors (Lipinski definition) is 4. The Morgan fingerprint density at radius 2 is 2.26 bits per heavy atom. The topological polar surface area (TPSA) is 51.0 Å². The largest absolute Gasteiger partial charge is 0.308 e. The fourth-order valence-electron chi connectivity index (χ4n) is 2.12. The third-order valence-corrected chi connectivity index (χ3v) is 3.74. The number of nitrogens with zero attached hydrogens (tertiary/aromatic N) is 4. The zero-order chi connectivity index (χ0) is 16.7. The number of hydrogen-bond donors (Lipinski definition) is 1. The molecule has 0 aliphatic rings. The van der Waals surface area contributed by atoms with Crippen molar-refractivity contribution in [3.8, 4) is 5.69 Å². The molecule has 0 fully saturated rings. The molecular formula is C15H18ClFN4OS. The third-order valence-electron chi connectivity index (χ3n) is 3.24. The molecule has 0 saturated carbocycles. The Bertz CT molecular complexity index is 638. The summed E-state index contributed by atoms with van der Waals surface area (Å²) in [6, 6.07) is 3.62. The molecule has 0 radical (unpaired) electrons. The number of amides is 1. The first-order chi connectivity index (χ1) is 11.2. The SMILES string of the molecule is O=C(CCS)N(CCCCF)c1cn(-c2cccnc2)nc1Cl. The lowest BCUT2D eigenvalue weighted by atomic mass is 10.2. The van der Waals surface area contributed by atoms with E-state index in [1.807, 2.05) is 6.07 Å². The second kappa shape index (κ2) is 8.88. The van der Waals surface area contributed by atoms with Crippen LogP contribution in [0.3, 0.4) is 0 Å². The quantitative estimate of drug-likeness (QED) is 0.583. The molecule has 0 atom stereocenters. The van der Waals surface area contributed by atoms with Crippen LogP contribution in [0.2, 0.25) is 5.15 Å². The van der Waals surface area contributed by atoms with Crippen LogP contribution in [0.15, 0.2) is 30.7 Å². The maximum absolute atomic E-state index is 12.3. The molecule has 5 nitrogen and oxygen atoms in total. The molecule has 2 heterocycles. The monoisotopic (exact) mass is 356 g/mol. The molecule has 0 spiro atoms. The second-order valence-electron chi connectivity index (χ2n) is 4.88. The maximum Gasteiger partial charge on any atom is 0.227 e. The summed E-state index contributed by atoms with van der Waals surface area (Å²) in [4.78, 5) is 17.9. The van der Waals surface area contributed by atoms with Crippen molar-refractivity contribution < 1.29 is 9.18 Å². The van der Waals surface area contributed by atoms with Crippen LogP contribution >= 0.6 is 24.2 Å². The Morgan fingerprint density at radius 1 is 1.43 bits per heavy atom. The lowest BCUT2D eigenvalue weighted by molar-refractivity contribution is -0.118. The number of carbonyl (C=O) groups is 1. The third kappa shape index (κ3) is 4.68. The van der Waals surface area contributed by atoms with Crippen LogP contribution in [0.5, 0.6) is 0 Å². The summed E-state index contributed by atoms with van der Waals surface area (Å²) >= 11 is 10.3. The number of thiol groups is 1. The summed E-state index contributed by atoms with van der Waals surface area (Å²) in [6.45, 7) is -0.00768. The van der Waals surface area contributed by atoms with Crippen LogP contribution in [0.4, 0.5) is 10.1 Å². The predicted octanol–water partition coefficient (Wildman–Crippen LogP) is 3.32. The highest BCUT2D eigenvalue weighted by Gasteiger charge is 2.20. The van der Waals surface area contributed by atoms with Gasteiger partial charge in [-0.15, -0.1) is 0 Å². The van der Waals surface area contributed by atoms with Gasteiger partial charge in [0.05, 0.1) is 24.8 Å². The molecule has 0 aliphatic carbocycles. The number of carbonyl (C=O) groups excluding carboxylic acids is 1. The van der Waals surface area contributed by atoms with Gasteiger partial charge in [-0.1, -0.05) is 11.6 Å². The molecule has 8 heteroatoms. The lowest BCUT2D eigenvalue weighted by Crippen LogP contribution is -2.32. The van der Waals surface area contributed by atoms with Gasteiger partial charge in [0.25, 0.3) is 0 Å². The van der Waals surface area contributed by atoms with E-state index < -0.39 is 6.67 Å². The zero-order valence-electron chi connectivity index (χ0n) is 12.5. The number of halogens is 2. The summed E-state index contributed by atoms with van der Waals surface area (Å²) in [5.41, 5.74) is 1.26. The van der Waals surface area contributed by atoms with E-state index in [9.17, 15) is 9.18 Å². The van der Waals surface area contributed by atoms with E-state index in [2.05, 4.69) is 22.7 Å². The van der Waals surface area contributed by atoms with Crippen molar-refractivity contribution in [3.63, 3.8) is 0 Å². The molecule has 0 saturated heterocycles. The van der Waals surface area contributed by atoms with Gasteiger partial charge in [-0.05, 0) is 30.7 Å². The molecule has 23 heavy (non-hydrogen) atoms. The van der Waals surface area contributed by atoms with Crippen LogP contribution < -0.4 is 4.90 Å². The standard InChI is InChI=1S/C15H18ClFN4OS/c16-15-13(11-21(19-15)12-4-3-7-18-10-12)20(8-2-1-6-17)14(22)5-9-23/h3-4,7,10-11,23H,1-2,5-6,8-9H2. The number of alkyl halides is 1. The van der Waals surface area contributed by atoms with Crippen molar-refractivity contribution >= 4 is 35.8 Å². The van der Waals surface area contributed by atoms with Crippen molar-refractivity contribution in [2.75, 3.05) is 23.9 Å². The average molecular weight is 357 g/mol. The average Bonchev–Trinajstić information content (AvgIpc) is 2.94. The van der Waals surface area contributed by atoms with Crippen LogP contribution in [-0.4, -0.2) is 39.6 Å². The maximum atomic E-state index is 12.3. The first-order valence-corrected chi connectivity index (χ1v) is 8.31. The van der Waals surface area contributed by atoms with E-state index in [0.717, 1.165) is 5.69 Å². The van der Waals surface area contributed by atoms with Crippen LogP contribution in [0, 0.1) is 0 Å². The first kappa shape index (κ1) is 17.7. The first-order valence-electron chi connectivity index (χ1n) is 7.30. The van der Waals surface area contributed by atoms with Gasteiger partial charge < -0.3 is 4.90 Å². The van der Waals surface area contributed by atoms with Crippen molar-refractivity contribution in [2.45, 2.75) is 19.3 Å². The molecule has 0 aliphatic heterocycles. The highest BCUT2D eigenvalue weighted by Crippen LogP contribution is 2.27. The van der Waals surface area contributed by atoms with E-state index >= 15 is 0 Å². The van der Waals surface area contributed by atoms with Crippen LogP contribution in [0.25, 0.3) is 5.69 Å². The number of aromatic nitrogens is 3. The minimum absolute atomic E-state index is 0.105. The van der Waals surface area contributed by atoms with E-state index in [0.29, 0.717) is 30.8 Å². The molecule has 124 valence electrons. The number of anilines is 1. The molecule has 2 aromatic heterocycles. The van der Waals surface area contributed by atoms with Gasteiger partial charge in [0.15, 0.2) is 5.15 Å².